The Morgan fingerprint density at radius 2 is 2.00 bits per heavy atom. The summed E-state index contributed by atoms with van der Waals surface area (Å²) in [4.78, 5) is 0. The molecule has 0 amide bonds. The van der Waals surface area contributed by atoms with E-state index in [0.29, 0.717) is 0 Å². The maximum Gasteiger partial charge on any atom is 0.0654 e. The van der Waals surface area contributed by atoms with Crippen molar-refractivity contribution < 1.29 is 4.18 Å². The van der Waals surface area contributed by atoms with Gasteiger partial charge in [-0.25, -0.2) is 0 Å². The molecule has 66 valence electrons. The lowest BCUT2D eigenvalue weighted by molar-refractivity contribution is 0.381. The summed E-state index contributed by atoms with van der Waals surface area (Å²) in [6.45, 7) is 0.753. The first-order valence-electron chi connectivity index (χ1n) is 3.73. The lowest BCUT2D eigenvalue weighted by atomic mass is 10.2. The van der Waals surface area contributed by atoms with E-state index in [1.165, 1.54) is 17.6 Å². The maximum absolute atomic E-state index is 5.74. The van der Waals surface area contributed by atoms with Gasteiger partial charge in [0, 0.05) is 11.3 Å². The maximum atomic E-state index is 5.74. The minimum atomic E-state index is 0.753. The highest BCUT2D eigenvalue weighted by atomic mass is 35.5. The molecule has 0 bridgehead atoms. The van der Waals surface area contributed by atoms with Gasteiger partial charge in [-0.1, -0.05) is 23.7 Å². The van der Waals surface area contributed by atoms with Crippen molar-refractivity contribution in [3.05, 3.63) is 34.9 Å². The summed E-state index contributed by atoms with van der Waals surface area (Å²) in [5.41, 5.74) is 1.26. The molecule has 0 N–H and O–H groups in total. The van der Waals surface area contributed by atoms with Crippen molar-refractivity contribution in [1.82, 2.24) is 0 Å². The molecular weight excluding hydrogens is 192 g/mol. The van der Waals surface area contributed by atoms with Crippen LogP contribution >= 0.6 is 23.6 Å². The van der Waals surface area contributed by atoms with Crippen molar-refractivity contribution >= 4 is 23.6 Å². The summed E-state index contributed by atoms with van der Waals surface area (Å²) < 4.78 is 5.15. The summed E-state index contributed by atoms with van der Waals surface area (Å²) in [7, 11) is 0. The molecule has 0 atom stereocenters. The Hall–Kier alpha value is -0.180. The molecule has 12 heavy (non-hydrogen) atoms. The van der Waals surface area contributed by atoms with Crippen LogP contribution in [0, 0.1) is 0 Å². The molecule has 1 aromatic rings. The summed E-state index contributed by atoms with van der Waals surface area (Å²) >= 11 is 7.14. The third-order valence-electron chi connectivity index (χ3n) is 1.51. The van der Waals surface area contributed by atoms with Gasteiger partial charge in [0.05, 0.1) is 6.61 Å². The van der Waals surface area contributed by atoms with E-state index in [-0.39, 0.29) is 0 Å². The Balaban J connectivity index is 2.37. The quantitative estimate of drug-likeness (QED) is 0.548. The zero-order valence-corrected chi connectivity index (χ0v) is 8.49. The third kappa shape index (κ3) is 3.48. The van der Waals surface area contributed by atoms with Gasteiger partial charge in [-0.2, -0.15) is 0 Å². The second-order valence-corrected chi connectivity index (χ2v) is 3.37. The Labute approximate surface area is 82.3 Å². The SMILES string of the molecule is CSOCCc1ccc(Cl)cc1. The molecule has 3 heteroatoms. The molecule has 0 aliphatic heterocycles. The Morgan fingerprint density at radius 3 is 2.58 bits per heavy atom. The summed E-state index contributed by atoms with van der Waals surface area (Å²) in [6, 6.07) is 7.84. The van der Waals surface area contributed by atoms with Crippen molar-refractivity contribution in [2.75, 3.05) is 12.9 Å². The fraction of sp³-hybridized carbons (Fsp3) is 0.333. The van der Waals surface area contributed by atoms with Gasteiger partial charge in [0.25, 0.3) is 0 Å². The number of halogens is 1. The molecule has 0 aliphatic rings. The monoisotopic (exact) mass is 202 g/mol. The first-order chi connectivity index (χ1) is 5.83. The average Bonchev–Trinajstić information content (AvgIpc) is 2.09. The number of hydrogen-bond acceptors (Lipinski definition) is 2. The molecule has 1 nitrogen and oxygen atoms in total. The van der Waals surface area contributed by atoms with E-state index >= 15 is 0 Å². The molecule has 0 aromatic heterocycles. The van der Waals surface area contributed by atoms with Crippen LogP contribution in [-0.4, -0.2) is 12.9 Å². The van der Waals surface area contributed by atoms with Gasteiger partial charge in [0.1, 0.15) is 0 Å². The Bertz CT molecular complexity index is 222. The van der Waals surface area contributed by atoms with E-state index in [9.17, 15) is 0 Å². The highest BCUT2D eigenvalue weighted by Gasteiger charge is 1.92. The lowest BCUT2D eigenvalue weighted by Gasteiger charge is -2.00. The van der Waals surface area contributed by atoms with E-state index in [2.05, 4.69) is 0 Å². The van der Waals surface area contributed by atoms with Gasteiger partial charge in [-0.15, -0.1) is 0 Å². The van der Waals surface area contributed by atoms with Crippen LogP contribution < -0.4 is 0 Å². The lowest BCUT2D eigenvalue weighted by Crippen LogP contribution is -1.92. The van der Waals surface area contributed by atoms with Crippen LogP contribution in [-0.2, 0) is 10.6 Å². The van der Waals surface area contributed by atoms with E-state index in [1.807, 2.05) is 30.5 Å². The second kappa shape index (κ2) is 5.46. The Kier molecular flexibility index (Phi) is 4.51. The summed E-state index contributed by atoms with van der Waals surface area (Å²) in [5.74, 6) is 0. The van der Waals surface area contributed by atoms with Gasteiger partial charge < -0.3 is 4.18 Å². The topological polar surface area (TPSA) is 9.23 Å². The minimum absolute atomic E-state index is 0.753. The molecule has 0 aliphatic carbocycles. The fourth-order valence-corrected chi connectivity index (χ4v) is 1.27. The predicted octanol–water partition coefficient (Wildman–Crippen LogP) is 3.18. The molecule has 1 rings (SSSR count). The predicted molar refractivity (Wildman–Crippen MR) is 54.6 cm³/mol. The van der Waals surface area contributed by atoms with E-state index in [0.717, 1.165) is 18.1 Å². The van der Waals surface area contributed by atoms with Crippen LogP contribution in [0.4, 0.5) is 0 Å². The van der Waals surface area contributed by atoms with Crippen molar-refractivity contribution in [2.45, 2.75) is 6.42 Å². The van der Waals surface area contributed by atoms with Crippen LogP contribution in [0.25, 0.3) is 0 Å². The molecule has 0 unspecified atom stereocenters. The molecule has 0 fully saturated rings. The molecule has 0 heterocycles. The normalized spacial score (nSPS) is 10.2. The molecule has 0 spiro atoms. The van der Waals surface area contributed by atoms with E-state index in [4.69, 9.17) is 15.8 Å². The van der Waals surface area contributed by atoms with Gasteiger partial charge in [0.2, 0.25) is 0 Å². The first kappa shape index (κ1) is 9.90. The van der Waals surface area contributed by atoms with Crippen LogP contribution in [0.1, 0.15) is 5.56 Å². The van der Waals surface area contributed by atoms with Crippen molar-refractivity contribution in [3.63, 3.8) is 0 Å². The highest BCUT2D eigenvalue weighted by Crippen LogP contribution is 2.10. The van der Waals surface area contributed by atoms with Crippen LogP contribution in [0.15, 0.2) is 24.3 Å². The van der Waals surface area contributed by atoms with Crippen molar-refractivity contribution in [1.29, 1.82) is 0 Å². The smallest absolute Gasteiger partial charge is 0.0654 e. The zero-order chi connectivity index (χ0) is 8.81. The summed E-state index contributed by atoms with van der Waals surface area (Å²) in [5, 5.41) is 0.782. The van der Waals surface area contributed by atoms with Gasteiger partial charge in [0.15, 0.2) is 0 Å². The molecule has 0 saturated heterocycles. The standard InChI is InChI=1S/C9H11ClOS/c1-12-11-7-6-8-2-4-9(10)5-3-8/h2-5H,6-7H2,1H3. The molecular formula is C9H11ClOS. The number of benzene rings is 1. The van der Waals surface area contributed by atoms with Crippen molar-refractivity contribution in [2.24, 2.45) is 0 Å². The average molecular weight is 203 g/mol. The number of rotatable bonds is 4. The van der Waals surface area contributed by atoms with Gasteiger partial charge in [-0.3, -0.25) is 0 Å². The van der Waals surface area contributed by atoms with Crippen LogP contribution in [0.3, 0.4) is 0 Å². The van der Waals surface area contributed by atoms with E-state index in [1.54, 1.807) is 0 Å². The summed E-state index contributed by atoms with van der Waals surface area (Å²) in [6.07, 6.45) is 2.86. The fourth-order valence-electron chi connectivity index (χ4n) is 0.894. The van der Waals surface area contributed by atoms with Crippen LogP contribution in [0.5, 0.6) is 0 Å². The van der Waals surface area contributed by atoms with E-state index < -0.39 is 0 Å². The molecule has 0 radical (unpaired) electrons. The van der Waals surface area contributed by atoms with Crippen LogP contribution in [0.2, 0.25) is 5.02 Å². The third-order valence-corrected chi connectivity index (χ3v) is 2.16. The highest BCUT2D eigenvalue weighted by molar-refractivity contribution is 7.93. The zero-order valence-electron chi connectivity index (χ0n) is 6.92. The second-order valence-electron chi connectivity index (χ2n) is 2.37. The first-order valence-corrected chi connectivity index (χ1v) is 5.26. The Morgan fingerprint density at radius 1 is 1.33 bits per heavy atom. The minimum Gasteiger partial charge on any atom is -0.315 e. The van der Waals surface area contributed by atoms with Crippen molar-refractivity contribution in [3.8, 4) is 0 Å². The largest absolute Gasteiger partial charge is 0.315 e. The molecule has 0 saturated carbocycles. The van der Waals surface area contributed by atoms with Gasteiger partial charge in [-0.05, 0) is 36.2 Å². The molecule has 1 aromatic carbocycles. The number of hydrogen-bond donors (Lipinski definition) is 0. The van der Waals surface area contributed by atoms with Gasteiger partial charge >= 0.3 is 0 Å².